The van der Waals surface area contributed by atoms with Crippen LogP contribution in [0, 0.1) is 5.92 Å². The number of hydrazine groups is 1. The van der Waals surface area contributed by atoms with Gasteiger partial charge in [0, 0.05) is 28.5 Å². The zero-order valence-corrected chi connectivity index (χ0v) is 21.1. The molecule has 170 valence electrons. The molecule has 0 bridgehead atoms. The van der Waals surface area contributed by atoms with E-state index in [1.54, 1.807) is 12.1 Å². The quantitative estimate of drug-likeness (QED) is 0.467. The number of amides is 1. The van der Waals surface area contributed by atoms with Crippen LogP contribution < -0.4 is 10.4 Å². The van der Waals surface area contributed by atoms with Crippen LogP contribution in [0.5, 0.6) is 0 Å². The molecule has 2 heterocycles. The maximum atomic E-state index is 13.4. The zero-order chi connectivity index (χ0) is 22.7. The smallest absolute Gasteiger partial charge is 0.282 e. The van der Waals surface area contributed by atoms with Crippen molar-refractivity contribution in [3.05, 3.63) is 62.5 Å². The first-order valence-electron chi connectivity index (χ1n) is 11.1. The van der Waals surface area contributed by atoms with Crippen molar-refractivity contribution in [1.29, 1.82) is 0 Å². The van der Waals surface area contributed by atoms with Gasteiger partial charge in [-0.2, -0.15) is 5.10 Å². The summed E-state index contributed by atoms with van der Waals surface area (Å²) in [5.74, 6) is -0.205. The monoisotopic (exact) mass is 536 g/mol. The van der Waals surface area contributed by atoms with Crippen LogP contribution in [-0.2, 0) is 4.79 Å². The molecule has 8 heteroatoms. The Labute approximate surface area is 207 Å². The molecule has 1 amide bonds. The average Bonchev–Trinajstić information content (AvgIpc) is 2.96. The summed E-state index contributed by atoms with van der Waals surface area (Å²) in [6, 6.07) is 13.4. The van der Waals surface area contributed by atoms with E-state index < -0.39 is 0 Å². The summed E-state index contributed by atoms with van der Waals surface area (Å²) in [5.41, 5.74) is 5.47. The second-order valence-electron chi connectivity index (χ2n) is 8.28. The van der Waals surface area contributed by atoms with Gasteiger partial charge in [0.2, 0.25) is 0 Å². The molecule has 2 aliphatic heterocycles. The lowest BCUT2D eigenvalue weighted by atomic mass is 9.87. The van der Waals surface area contributed by atoms with Gasteiger partial charge in [-0.1, -0.05) is 71.0 Å². The predicted octanol–water partition coefficient (Wildman–Crippen LogP) is 6.61. The van der Waals surface area contributed by atoms with Crippen LogP contribution in [-0.4, -0.2) is 29.7 Å². The Morgan fingerprint density at radius 3 is 2.41 bits per heavy atom. The maximum Gasteiger partial charge on any atom is 0.282 e. The van der Waals surface area contributed by atoms with Crippen molar-refractivity contribution in [3.63, 3.8) is 0 Å². The van der Waals surface area contributed by atoms with Gasteiger partial charge in [-0.15, -0.1) is 0 Å². The van der Waals surface area contributed by atoms with Gasteiger partial charge in [-0.25, -0.2) is 5.01 Å². The summed E-state index contributed by atoms with van der Waals surface area (Å²) in [6.07, 6.45) is 5.38. The molecule has 5 nitrogen and oxygen atoms in total. The van der Waals surface area contributed by atoms with E-state index in [0.29, 0.717) is 15.8 Å². The van der Waals surface area contributed by atoms with Gasteiger partial charge in [0.1, 0.15) is 5.71 Å². The number of rotatable bonds is 5. The van der Waals surface area contributed by atoms with Crippen molar-refractivity contribution in [3.8, 4) is 0 Å². The van der Waals surface area contributed by atoms with Crippen molar-refractivity contribution < 1.29 is 4.79 Å². The first-order valence-corrected chi connectivity index (χ1v) is 12.7. The normalized spacial score (nSPS) is 21.9. The molecule has 4 rings (SSSR count). The molecule has 0 radical (unpaired) electrons. The van der Waals surface area contributed by atoms with Crippen LogP contribution in [0.25, 0.3) is 0 Å². The van der Waals surface area contributed by atoms with Gasteiger partial charge >= 0.3 is 0 Å². The summed E-state index contributed by atoms with van der Waals surface area (Å²) in [4.78, 5) is 13.4. The van der Waals surface area contributed by atoms with E-state index in [4.69, 9.17) is 28.3 Å². The molecule has 0 spiro atoms. The number of anilines is 1. The molecule has 0 aliphatic carbocycles. The third-order valence-corrected chi connectivity index (χ3v) is 7.18. The lowest BCUT2D eigenvalue weighted by Crippen LogP contribution is -2.47. The van der Waals surface area contributed by atoms with Crippen LogP contribution in [0.4, 0.5) is 5.69 Å². The second kappa shape index (κ2) is 10.6. The van der Waals surface area contributed by atoms with E-state index in [9.17, 15) is 4.79 Å². The highest BCUT2D eigenvalue weighted by Crippen LogP contribution is 2.43. The molecule has 2 atom stereocenters. The van der Waals surface area contributed by atoms with E-state index in [-0.39, 0.29) is 17.9 Å². The molecule has 0 saturated carbocycles. The maximum absolute atomic E-state index is 13.4. The van der Waals surface area contributed by atoms with Gasteiger partial charge < -0.3 is 0 Å². The van der Waals surface area contributed by atoms with Crippen molar-refractivity contribution in [2.45, 2.75) is 45.1 Å². The largest absolute Gasteiger partial charge is 0.284 e. The Morgan fingerprint density at radius 1 is 1.09 bits per heavy atom. The fourth-order valence-electron chi connectivity index (χ4n) is 4.49. The summed E-state index contributed by atoms with van der Waals surface area (Å²) in [5, 5.41) is 9.83. The molecule has 2 aliphatic rings. The molecule has 0 aromatic heterocycles. The highest BCUT2D eigenvalue weighted by molar-refractivity contribution is 9.10. The number of nitrogens with zero attached hydrogens (tertiary/aromatic N) is 3. The number of hydrazone groups is 1. The lowest BCUT2D eigenvalue weighted by Gasteiger charge is -2.29. The number of carbonyl (C=O) groups is 1. The Morgan fingerprint density at radius 2 is 1.78 bits per heavy atom. The molecule has 1 saturated heterocycles. The molecular weight excluding hydrogens is 511 g/mol. The van der Waals surface area contributed by atoms with Crippen molar-refractivity contribution in [2.24, 2.45) is 11.0 Å². The van der Waals surface area contributed by atoms with Gasteiger partial charge in [0.05, 0.1) is 16.8 Å². The average molecular weight is 538 g/mol. The van der Waals surface area contributed by atoms with Crippen molar-refractivity contribution in [1.82, 2.24) is 10.4 Å². The van der Waals surface area contributed by atoms with Gasteiger partial charge in [0.15, 0.2) is 0 Å². The predicted molar refractivity (Wildman–Crippen MR) is 135 cm³/mol. The van der Waals surface area contributed by atoms with Crippen LogP contribution in [0.3, 0.4) is 0 Å². The molecule has 32 heavy (non-hydrogen) atoms. The molecule has 2 aromatic carbocycles. The summed E-state index contributed by atoms with van der Waals surface area (Å²) < 4.78 is 1.00. The number of benzene rings is 2. The number of nitrogens with one attached hydrogen (secondary N) is 1. The van der Waals surface area contributed by atoms with Gasteiger partial charge in [0.25, 0.3) is 5.91 Å². The lowest BCUT2D eigenvalue weighted by molar-refractivity contribution is -0.119. The minimum absolute atomic E-state index is 0.0742. The number of hydrogen-bond acceptors (Lipinski definition) is 4. The number of hydrogen-bond donors (Lipinski definition) is 1. The van der Waals surface area contributed by atoms with Crippen LogP contribution in [0.1, 0.15) is 50.6 Å². The summed E-state index contributed by atoms with van der Waals surface area (Å²) >= 11 is 16.2. The third kappa shape index (κ3) is 5.14. The first-order chi connectivity index (χ1) is 15.5. The second-order valence-corrected chi connectivity index (χ2v) is 10.0. The standard InChI is InChI=1S/C24H27BrCl2N4O/c1-2-19-22(24(32)29-30-13-5-3-4-6-14-30)28-31(21-12-11-18(26)15-20(21)27)23(19)16-7-9-17(25)10-8-16/h7-12,15,19,23H,2-6,13-14H2,1H3,(H,29,32)/t19-,23+/m0/s1. The highest BCUT2D eigenvalue weighted by atomic mass is 79.9. The van der Waals surface area contributed by atoms with E-state index in [1.165, 1.54) is 12.8 Å². The minimum Gasteiger partial charge on any atom is -0.284 e. The molecular formula is C24H27BrCl2N4O. The van der Waals surface area contributed by atoms with E-state index in [1.807, 2.05) is 28.2 Å². The molecule has 1 N–H and O–H groups in total. The Balaban J connectivity index is 1.70. The Kier molecular flexibility index (Phi) is 7.77. The van der Waals surface area contributed by atoms with E-state index >= 15 is 0 Å². The third-order valence-electron chi connectivity index (χ3n) is 6.12. The van der Waals surface area contributed by atoms with Crippen LogP contribution in [0.15, 0.2) is 52.0 Å². The Hall–Kier alpha value is -1.60. The topological polar surface area (TPSA) is 47.9 Å². The van der Waals surface area contributed by atoms with Gasteiger partial charge in [-0.3, -0.25) is 15.2 Å². The van der Waals surface area contributed by atoms with E-state index in [2.05, 4.69) is 40.4 Å². The summed E-state index contributed by atoms with van der Waals surface area (Å²) in [7, 11) is 0. The fourth-order valence-corrected chi connectivity index (χ4v) is 5.25. The van der Waals surface area contributed by atoms with Crippen molar-refractivity contribution >= 4 is 56.4 Å². The molecule has 1 fully saturated rings. The summed E-state index contributed by atoms with van der Waals surface area (Å²) in [6.45, 7) is 3.84. The zero-order valence-electron chi connectivity index (χ0n) is 18.0. The van der Waals surface area contributed by atoms with Crippen LogP contribution >= 0.6 is 39.1 Å². The first kappa shape index (κ1) is 23.6. The van der Waals surface area contributed by atoms with E-state index in [0.717, 1.165) is 48.1 Å². The number of halogens is 3. The Bertz CT molecular complexity index is 990. The van der Waals surface area contributed by atoms with Crippen molar-refractivity contribution in [2.75, 3.05) is 18.1 Å². The highest BCUT2D eigenvalue weighted by Gasteiger charge is 2.42. The number of carbonyl (C=O) groups excluding carboxylic acids is 1. The van der Waals surface area contributed by atoms with Crippen LogP contribution in [0.2, 0.25) is 10.0 Å². The SMILES string of the molecule is CC[C@H]1C(C(=O)NN2CCCCCC2)=NN(c2ccc(Cl)cc2Cl)[C@@H]1c1ccc(Br)cc1. The molecule has 0 unspecified atom stereocenters. The molecule has 2 aromatic rings. The van der Waals surface area contributed by atoms with Gasteiger partial charge in [-0.05, 0) is 55.2 Å². The minimum atomic E-state index is -0.142. The fraction of sp³-hybridized carbons (Fsp3) is 0.417.